The third-order valence-electron chi connectivity index (χ3n) is 2.45. The highest BCUT2D eigenvalue weighted by atomic mass is 35.5. The van der Waals surface area contributed by atoms with E-state index in [1.165, 1.54) is 0 Å². The molecule has 0 fully saturated rings. The standard InChI is InChI=1S/C13H13ClN2O/c1-9-2-3-11(15)6-13(9)17-8-10-4-5-16-7-12(10)14/h2-7H,8,15H2,1H3. The number of nitrogens with zero attached hydrogens (tertiary/aromatic N) is 1. The van der Waals surface area contributed by atoms with Crippen LogP contribution in [0.25, 0.3) is 0 Å². The fraction of sp³-hybridized carbons (Fsp3) is 0.154. The van der Waals surface area contributed by atoms with Crippen LogP contribution in [0, 0.1) is 6.92 Å². The van der Waals surface area contributed by atoms with Crippen LogP contribution >= 0.6 is 11.6 Å². The molecular weight excluding hydrogens is 236 g/mol. The molecule has 3 nitrogen and oxygen atoms in total. The van der Waals surface area contributed by atoms with E-state index in [0.29, 0.717) is 17.3 Å². The van der Waals surface area contributed by atoms with Gasteiger partial charge in [0.2, 0.25) is 0 Å². The van der Waals surface area contributed by atoms with Gasteiger partial charge >= 0.3 is 0 Å². The van der Waals surface area contributed by atoms with E-state index in [4.69, 9.17) is 22.1 Å². The van der Waals surface area contributed by atoms with Gasteiger partial charge in [-0.05, 0) is 24.6 Å². The molecule has 0 radical (unpaired) electrons. The Morgan fingerprint density at radius 1 is 1.35 bits per heavy atom. The highest BCUT2D eigenvalue weighted by molar-refractivity contribution is 6.31. The number of nitrogens with two attached hydrogens (primary N) is 1. The van der Waals surface area contributed by atoms with Crippen LogP contribution in [0.4, 0.5) is 5.69 Å². The van der Waals surface area contributed by atoms with E-state index in [2.05, 4.69) is 4.98 Å². The van der Waals surface area contributed by atoms with Gasteiger partial charge in [-0.25, -0.2) is 0 Å². The molecule has 0 aliphatic carbocycles. The van der Waals surface area contributed by atoms with Gasteiger partial charge in [-0.1, -0.05) is 17.7 Å². The van der Waals surface area contributed by atoms with Gasteiger partial charge in [0.1, 0.15) is 12.4 Å². The van der Waals surface area contributed by atoms with Crippen LogP contribution in [0.5, 0.6) is 5.75 Å². The lowest BCUT2D eigenvalue weighted by Gasteiger charge is -2.10. The average molecular weight is 249 g/mol. The Kier molecular flexibility index (Phi) is 3.49. The van der Waals surface area contributed by atoms with E-state index >= 15 is 0 Å². The Bertz CT molecular complexity index is 529. The van der Waals surface area contributed by atoms with Gasteiger partial charge in [0.15, 0.2) is 0 Å². The second kappa shape index (κ2) is 5.06. The second-order valence-corrected chi connectivity index (χ2v) is 4.19. The van der Waals surface area contributed by atoms with E-state index in [9.17, 15) is 0 Å². The molecule has 0 saturated heterocycles. The first-order valence-electron chi connectivity index (χ1n) is 5.24. The molecule has 1 aromatic heterocycles. The lowest BCUT2D eigenvalue weighted by Crippen LogP contribution is -1.99. The molecule has 0 bridgehead atoms. The minimum atomic E-state index is 0.408. The van der Waals surface area contributed by atoms with Crippen molar-refractivity contribution in [3.63, 3.8) is 0 Å². The maximum atomic E-state index is 5.99. The number of halogens is 1. The van der Waals surface area contributed by atoms with Gasteiger partial charge in [0.25, 0.3) is 0 Å². The molecule has 0 amide bonds. The minimum Gasteiger partial charge on any atom is -0.488 e. The zero-order chi connectivity index (χ0) is 12.3. The molecule has 0 spiro atoms. The van der Waals surface area contributed by atoms with Crippen LogP contribution < -0.4 is 10.5 Å². The first-order chi connectivity index (χ1) is 8.16. The number of hydrogen-bond donors (Lipinski definition) is 1. The molecule has 0 unspecified atom stereocenters. The Balaban J connectivity index is 2.12. The Morgan fingerprint density at radius 3 is 2.94 bits per heavy atom. The summed E-state index contributed by atoms with van der Waals surface area (Å²) in [4.78, 5) is 3.92. The summed E-state index contributed by atoms with van der Waals surface area (Å²) in [5, 5.41) is 0.606. The predicted octanol–water partition coefficient (Wildman–Crippen LogP) is 3.20. The maximum Gasteiger partial charge on any atom is 0.124 e. The van der Waals surface area contributed by atoms with Gasteiger partial charge in [-0.2, -0.15) is 0 Å². The summed E-state index contributed by atoms with van der Waals surface area (Å²) in [6.45, 7) is 2.38. The Labute approximate surface area is 105 Å². The number of ether oxygens (including phenoxy) is 1. The lowest BCUT2D eigenvalue weighted by molar-refractivity contribution is 0.304. The van der Waals surface area contributed by atoms with Crippen molar-refractivity contribution in [1.82, 2.24) is 4.98 Å². The summed E-state index contributed by atoms with van der Waals surface area (Å²) in [6.07, 6.45) is 3.29. The predicted molar refractivity (Wildman–Crippen MR) is 69.2 cm³/mol. The van der Waals surface area contributed by atoms with Gasteiger partial charge < -0.3 is 10.5 Å². The number of rotatable bonds is 3. The van der Waals surface area contributed by atoms with Gasteiger partial charge in [0.05, 0.1) is 5.02 Å². The summed E-state index contributed by atoms with van der Waals surface area (Å²) >= 11 is 5.99. The molecule has 0 saturated carbocycles. The van der Waals surface area contributed by atoms with Crippen molar-refractivity contribution in [3.8, 4) is 5.75 Å². The molecule has 2 aromatic rings. The molecule has 0 aliphatic heterocycles. The van der Waals surface area contributed by atoms with Crippen LogP contribution in [0.3, 0.4) is 0 Å². The number of hydrogen-bond acceptors (Lipinski definition) is 3. The Hall–Kier alpha value is -1.74. The van der Waals surface area contributed by atoms with Gasteiger partial charge in [-0.15, -0.1) is 0 Å². The summed E-state index contributed by atoms with van der Waals surface area (Å²) in [7, 11) is 0. The fourth-order valence-corrected chi connectivity index (χ4v) is 1.62. The van der Waals surface area contributed by atoms with E-state index in [0.717, 1.165) is 16.9 Å². The number of anilines is 1. The molecule has 88 valence electrons. The lowest BCUT2D eigenvalue weighted by atomic mass is 10.2. The van der Waals surface area contributed by atoms with Crippen LogP contribution in [0.1, 0.15) is 11.1 Å². The van der Waals surface area contributed by atoms with Crippen molar-refractivity contribution in [2.24, 2.45) is 0 Å². The second-order valence-electron chi connectivity index (χ2n) is 3.78. The third-order valence-corrected chi connectivity index (χ3v) is 2.79. The van der Waals surface area contributed by atoms with Gasteiger partial charge in [-0.3, -0.25) is 4.98 Å². The molecule has 17 heavy (non-hydrogen) atoms. The summed E-state index contributed by atoms with van der Waals surface area (Å²) < 4.78 is 5.69. The van der Waals surface area contributed by atoms with E-state index < -0.39 is 0 Å². The molecule has 1 aromatic carbocycles. The molecule has 0 atom stereocenters. The molecule has 1 heterocycles. The van der Waals surface area contributed by atoms with Crippen LogP contribution in [-0.4, -0.2) is 4.98 Å². The third kappa shape index (κ3) is 2.88. The summed E-state index contributed by atoms with van der Waals surface area (Å²) in [5.74, 6) is 0.776. The van der Waals surface area contributed by atoms with Crippen LogP contribution in [-0.2, 0) is 6.61 Å². The molecule has 2 N–H and O–H groups in total. The molecule has 0 aliphatic rings. The summed E-state index contributed by atoms with van der Waals surface area (Å²) in [5.41, 5.74) is 8.35. The molecule has 2 rings (SSSR count). The average Bonchev–Trinajstić information content (AvgIpc) is 2.32. The number of pyridine rings is 1. The highest BCUT2D eigenvalue weighted by Gasteiger charge is 2.03. The topological polar surface area (TPSA) is 48.1 Å². The molecular formula is C13H13ClN2O. The zero-order valence-corrected chi connectivity index (χ0v) is 10.2. The largest absolute Gasteiger partial charge is 0.488 e. The monoisotopic (exact) mass is 248 g/mol. The zero-order valence-electron chi connectivity index (χ0n) is 9.48. The van der Waals surface area contributed by atoms with Crippen molar-refractivity contribution in [1.29, 1.82) is 0 Å². The van der Waals surface area contributed by atoms with Crippen LogP contribution in [0.2, 0.25) is 5.02 Å². The quantitative estimate of drug-likeness (QED) is 0.849. The number of benzene rings is 1. The summed E-state index contributed by atoms with van der Waals surface area (Å²) in [6, 6.07) is 7.43. The van der Waals surface area contributed by atoms with Crippen molar-refractivity contribution >= 4 is 17.3 Å². The number of nitrogen functional groups attached to an aromatic ring is 1. The van der Waals surface area contributed by atoms with Crippen molar-refractivity contribution in [3.05, 3.63) is 52.8 Å². The number of aryl methyl sites for hydroxylation is 1. The Morgan fingerprint density at radius 2 is 2.18 bits per heavy atom. The van der Waals surface area contributed by atoms with Crippen LogP contribution in [0.15, 0.2) is 36.7 Å². The van der Waals surface area contributed by atoms with E-state index in [1.807, 2.05) is 31.2 Å². The van der Waals surface area contributed by atoms with E-state index in [1.54, 1.807) is 12.4 Å². The van der Waals surface area contributed by atoms with E-state index in [-0.39, 0.29) is 0 Å². The smallest absolute Gasteiger partial charge is 0.124 e. The first kappa shape index (κ1) is 11.7. The maximum absolute atomic E-state index is 5.99. The SMILES string of the molecule is Cc1ccc(N)cc1OCc1ccncc1Cl. The minimum absolute atomic E-state index is 0.408. The first-order valence-corrected chi connectivity index (χ1v) is 5.62. The normalized spacial score (nSPS) is 10.2. The van der Waals surface area contributed by atoms with Crippen molar-refractivity contribution < 1.29 is 4.74 Å². The highest BCUT2D eigenvalue weighted by Crippen LogP contribution is 2.23. The fourth-order valence-electron chi connectivity index (χ4n) is 1.45. The van der Waals surface area contributed by atoms with Crippen molar-refractivity contribution in [2.75, 3.05) is 5.73 Å². The molecule has 4 heteroatoms. The number of aromatic nitrogens is 1. The van der Waals surface area contributed by atoms with Crippen molar-refractivity contribution in [2.45, 2.75) is 13.5 Å². The van der Waals surface area contributed by atoms with Gasteiger partial charge in [0, 0.05) is 29.7 Å².